The summed E-state index contributed by atoms with van der Waals surface area (Å²) in [5.41, 5.74) is 2.22. The average molecular weight is 301 g/mol. The largest absolute Gasteiger partial charge is 0.326 e. The molecule has 0 saturated carbocycles. The van der Waals surface area contributed by atoms with Crippen molar-refractivity contribution in [1.82, 2.24) is 24.8 Å². The first-order valence-electron chi connectivity index (χ1n) is 8.52. The van der Waals surface area contributed by atoms with E-state index in [4.69, 9.17) is 4.98 Å². The predicted molar refractivity (Wildman–Crippen MR) is 89.9 cm³/mol. The summed E-state index contributed by atoms with van der Waals surface area (Å²) in [7, 11) is 0. The summed E-state index contributed by atoms with van der Waals surface area (Å²) in [6, 6.07) is 2.98. The SMILES string of the molecule is CCC[C@@H](c1nc2ccncc2n1CC)N1CCN[C@@H](C)C1. The van der Waals surface area contributed by atoms with E-state index in [-0.39, 0.29) is 0 Å². The van der Waals surface area contributed by atoms with Crippen LogP contribution in [0, 0.1) is 0 Å². The molecule has 0 unspecified atom stereocenters. The van der Waals surface area contributed by atoms with E-state index >= 15 is 0 Å². The molecule has 0 radical (unpaired) electrons. The van der Waals surface area contributed by atoms with Gasteiger partial charge in [0.05, 0.1) is 23.3 Å². The first-order valence-corrected chi connectivity index (χ1v) is 8.52. The molecule has 0 aliphatic carbocycles. The van der Waals surface area contributed by atoms with E-state index in [0.717, 1.165) is 43.6 Å². The fourth-order valence-electron chi connectivity index (χ4n) is 3.57. The molecule has 0 spiro atoms. The lowest BCUT2D eigenvalue weighted by molar-refractivity contribution is 0.133. The van der Waals surface area contributed by atoms with Crippen molar-refractivity contribution in [2.45, 2.75) is 52.2 Å². The zero-order valence-electron chi connectivity index (χ0n) is 13.9. The van der Waals surface area contributed by atoms with Crippen molar-refractivity contribution in [3.05, 3.63) is 24.3 Å². The molecule has 3 heterocycles. The van der Waals surface area contributed by atoms with Gasteiger partial charge in [-0.25, -0.2) is 4.98 Å². The van der Waals surface area contributed by atoms with Gasteiger partial charge in [-0.2, -0.15) is 0 Å². The summed E-state index contributed by atoms with van der Waals surface area (Å²) in [5, 5.41) is 3.54. The summed E-state index contributed by atoms with van der Waals surface area (Å²) in [5.74, 6) is 1.21. The van der Waals surface area contributed by atoms with E-state index in [0.29, 0.717) is 12.1 Å². The van der Waals surface area contributed by atoms with Crippen LogP contribution in [0.3, 0.4) is 0 Å². The summed E-state index contributed by atoms with van der Waals surface area (Å²) in [6.45, 7) is 10.9. The summed E-state index contributed by atoms with van der Waals surface area (Å²) < 4.78 is 2.34. The number of aromatic nitrogens is 3. The number of rotatable bonds is 5. The van der Waals surface area contributed by atoms with E-state index in [1.54, 1.807) is 0 Å². The van der Waals surface area contributed by atoms with E-state index < -0.39 is 0 Å². The van der Waals surface area contributed by atoms with Crippen molar-refractivity contribution in [2.24, 2.45) is 0 Å². The summed E-state index contributed by atoms with van der Waals surface area (Å²) in [4.78, 5) is 11.8. The van der Waals surface area contributed by atoms with Gasteiger partial charge in [0.25, 0.3) is 0 Å². The van der Waals surface area contributed by atoms with E-state index in [9.17, 15) is 0 Å². The lowest BCUT2D eigenvalue weighted by Gasteiger charge is -2.37. The van der Waals surface area contributed by atoms with Crippen LogP contribution in [-0.2, 0) is 6.54 Å². The molecule has 22 heavy (non-hydrogen) atoms. The zero-order valence-corrected chi connectivity index (χ0v) is 13.9. The molecule has 0 amide bonds. The molecular weight excluding hydrogens is 274 g/mol. The van der Waals surface area contributed by atoms with Crippen molar-refractivity contribution in [3.63, 3.8) is 0 Å². The lowest BCUT2D eigenvalue weighted by atomic mass is 10.1. The molecule has 1 N–H and O–H groups in total. The molecule has 120 valence electrons. The van der Waals surface area contributed by atoms with Crippen LogP contribution in [-0.4, -0.2) is 45.1 Å². The molecule has 0 aromatic carbocycles. The van der Waals surface area contributed by atoms with Crippen molar-refractivity contribution >= 4 is 11.0 Å². The summed E-state index contributed by atoms with van der Waals surface area (Å²) >= 11 is 0. The highest BCUT2D eigenvalue weighted by Crippen LogP contribution is 2.29. The molecule has 3 rings (SSSR count). The second kappa shape index (κ2) is 6.75. The Hall–Kier alpha value is -1.46. The van der Waals surface area contributed by atoms with Gasteiger partial charge in [0.1, 0.15) is 5.82 Å². The Kier molecular flexibility index (Phi) is 4.74. The van der Waals surface area contributed by atoms with Crippen molar-refractivity contribution < 1.29 is 0 Å². The third kappa shape index (κ3) is 2.88. The van der Waals surface area contributed by atoms with Gasteiger partial charge < -0.3 is 9.88 Å². The highest BCUT2D eigenvalue weighted by Gasteiger charge is 2.28. The Morgan fingerprint density at radius 2 is 2.27 bits per heavy atom. The standard InChI is InChI=1S/C17H27N5/c1-4-6-15(21-10-9-19-13(3)12-21)17-20-14-7-8-18-11-16(14)22(17)5-2/h7-8,11,13,15,19H,4-6,9-10,12H2,1-3H3/t13-,15-/m0/s1. The number of fused-ring (bicyclic) bond motifs is 1. The van der Waals surface area contributed by atoms with Crippen LogP contribution in [0.1, 0.15) is 45.5 Å². The number of imidazole rings is 1. The van der Waals surface area contributed by atoms with Crippen LogP contribution in [0.2, 0.25) is 0 Å². The van der Waals surface area contributed by atoms with Gasteiger partial charge in [-0.1, -0.05) is 13.3 Å². The quantitative estimate of drug-likeness (QED) is 0.922. The Morgan fingerprint density at radius 1 is 1.41 bits per heavy atom. The van der Waals surface area contributed by atoms with E-state index in [2.05, 4.69) is 40.5 Å². The minimum Gasteiger partial charge on any atom is -0.326 e. The lowest BCUT2D eigenvalue weighted by Crippen LogP contribution is -2.50. The number of hydrogen-bond acceptors (Lipinski definition) is 4. The fourth-order valence-corrected chi connectivity index (χ4v) is 3.57. The van der Waals surface area contributed by atoms with Gasteiger partial charge in [0, 0.05) is 38.4 Å². The Morgan fingerprint density at radius 3 is 3.00 bits per heavy atom. The second-order valence-corrected chi connectivity index (χ2v) is 6.23. The molecule has 1 aliphatic rings. The van der Waals surface area contributed by atoms with Crippen LogP contribution < -0.4 is 5.32 Å². The smallest absolute Gasteiger partial charge is 0.127 e. The van der Waals surface area contributed by atoms with Crippen molar-refractivity contribution in [2.75, 3.05) is 19.6 Å². The number of nitrogens with one attached hydrogen (secondary N) is 1. The highest BCUT2D eigenvalue weighted by atomic mass is 15.3. The predicted octanol–water partition coefficient (Wildman–Crippen LogP) is 2.59. The van der Waals surface area contributed by atoms with Gasteiger partial charge in [-0.15, -0.1) is 0 Å². The van der Waals surface area contributed by atoms with E-state index in [1.165, 1.54) is 12.2 Å². The normalized spacial score (nSPS) is 21.3. The van der Waals surface area contributed by atoms with Crippen molar-refractivity contribution in [3.8, 4) is 0 Å². The first kappa shape index (κ1) is 15.4. The van der Waals surface area contributed by atoms with Crippen LogP contribution in [0.4, 0.5) is 0 Å². The molecule has 1 saturated heterocycles. The third-order valence-corrected chi connectivity index (χ3v) is 4.60. The number of hydrogen-bond donors (Lipinski definition) is 1. The molecular formula is C17H27N5. The van der Waals surface area contributed by atoms with E-state index in [1.807, 2.05) is 18.5 Å². The topological polar surface area (TPSA) is 46.0 Å². The maximum absolute atomic E-state index is 4.96. The Labute approximate surface area is 132 Å². The monoisotopic (exact) mass is 301 g/mol. The molecule has 2 aromatic rings. The molecule has 5 heteroatoms. The molecule has 2 aromatic heterocycles. The minimum atomic E-state index is 0.405. The van der Waals surface area contributed by atoms with Gasteiger partial charge in [0.2, 0.25) is 0 Å². The molecule has 5 nitrogen and oxygen atoms in total. The second-order valence-electron chi connectivity index (χ2n) is 6.23. The number of nitrogens with zero attached hydrogens (tertiary/aromatic N) is 4. The Bertz CT molecular complexity index is 621. The highest BCUT2D eigenvalue weighted by molar-refractivity contribution is 5.74. The van der Waals surface area contributed by atoms with Crippen LogP contribution >= 0.6 is 0 Å². The van der Waals surface area contributed by atoms with Gasteiger partial charge in [-0.05, 0) is 26.3 Å². The molecule has 1 aliphatic heterocycles. The number of piperazine rings is 1. The summed E-state index contributed by atoms with van der Waals surface area (Å²) in [6.07, 6.45) is 6.11. The number of aryl methyl sites for hydroxylation is 1. The molecule has 0 bridgehead atoms. The third-order valence-electron chi connectivity index (χ3n) is 4.60. The maximum atomic E-state index is 4.96. The van der Waals surface area contributed by atoms with Gasteiger partial charge in [-0.3, -0.25) is 9.88 Å². The van der Waals surface area contributed by atoms with Gasteiger partial charge in [0.15, 0.2) is 0 Å². The van der Waals surface area contributed by atoms with Gasteiger partial charge >= 0.3 is 0 Å². The van der Waals surface area contributed by atoms with Crippen LogP contribution in [0.5, 0.6) is 0 Å². The van der Waals surface area contributed by atoms with Crippen LogP contribution in [0.15, 0.2) is 18.5 Å². The van der Waals surface area contributed by atoms with Crippen molar-refractivity contribution in [1.29, 1.82) is 0 Å². The molecule has 2 atom stereocenters. The average Bonchev–Trinajstić information content (AvgIpc) is 2.90. The Balaban J connectivity index is 2.00. The van der Waals surface area contributed by atoms with Crippen LogP contribution in [0.25, 0.3) is 11.0 Å². The maximum Gasteiger partial charge on any atom is 0.127 e. The zero-order chi connectivity index (χ0) is 15.5. The first-order chi connectivity index (χ1) is 10.7. The minimum absolute atomic E-state index is 0.405. The fraction of sp³-hybridized carbons (Fsp3) is 0.647. The molecule has 1 fully saturated rings. The number of pyridine rings is 1.